The Morgan fingerprint density at radius 1 is 1.36 bits per heavy atom. The van der Waals surface area contributed by atoms with E-state index < -0.39 is 5.72 Å². The molecule has 0 rings (SSSR count). The average Bonchev–Trinajstić information content (AvgIpc) is 2.04. The van der Waals surface area contributed by atoms with Gasteiger partial charge in [-0.2, -0.15) is 0 Å². The van der Waals surface area contributed by atoms with Crippen LogP contribution in [0, 0.1) is 0 Å². The van der Waals surface area contributed by atoms with Gasteiger partial charge in [0, 0.05) is 5.57 Å². The molecule has 0 bridgehead atoms. The lowest BCUT2D eigenvalue weighted by Crippen LogP contribution is -2.47. The number of nitrogens with zero attached hydrogens (tertiary/aromatic N) is 1. The number of rotatable bonds is 5. The number of hydrogen-bond donors (Lipinski definition) is 0. The predicted octanol–water partition coefficient (Wildman–Crippen LogP) is 2.18. The molecule has 0 aromatic carbocycles. The first kappa shape index (κ1) is 13.2. The smallest absolute Gasteiger partial charge is 0.334 e. The van der Waals surface area contributed by atoms with E-state index in [1.807, 2.05) is 27.7 Å². The van der Waals surface area contributed by atoms with E-state index in [4.69, 9.17) is 4.74 Å². The van der Waals surface area contributed by atoms with Crippen LogP contribution in [0.5, 0.6) is 0 Å². The highest BCUT2D eigenvalue weighted by Crippen LogP contribution is 2.16. The quantitative estimate of drug-likeness (QED) is 0.386. The molecule has 0 saturated carbocycles. The molecule has 0 aliphatic rings. The molecule has 0 fully saturated rings. The molecule has 3 heteroatoms. The number of esters is 1. The van der Waals surface area contributed by atoms with Crippen LogP contribution in [-0.4, -0.2) is 29.7 Å². The van der Waals surface area contributed by atoms with Gasteiger partial charge in [-0.15, -0.1) is 0 Å². The van der Waals surface area contributed by atoms with Crippen LogP contribution in [0.25, 0.3) is 0 Å². The number of carbonyl (C=O) groups excluding carboxylic acids is 1. The third kappa shape index (κ3) is 3.50. The minimum Gasteiger partial charge on any atom is -0.441 e. The molecule has 0 aliphatic heterocycles. The Balaban J connectivity index is 4.46. The molecule has 0 saturated heterocycles. The van der Waals surface area contributed by atoms with Crippen LogP contribution in [0.2, 0.25) is 0 Å². The van der Waals surface area contributed by atoms with Gasteiger partial charge >= 0.3 is 5.97 Å². The van der Waals surface area contributed by atoms with Crippen LogP contribution < -0.4 is 0 Å². The third-order valence-corrected chi connectivity index (χ3v) is 2.22. The van der Waals surface area contributed by atoms with Gasteiger partial charge in [0.1, 0.15) is 0 Å². The van der Waals surface area contributed by atoms with Crippen LogP contribution in [0.3, 0.4) is 0 Å². The normalized spacial score (nSPS) is 11.6. The van der Waals surface area contributed by atoms with Crippen LogP contribution in [-0.2, 0) is 9.53 Å². The first-order valence-electron chi connectivity index (χ1n) is 4.99. The summed E-state index contributed by atoms with van der Waals surface area (Å²) in [4.78, 5) is 13.4. The van der Waals surface area contributed by atoms with Crippen molar-refractivity contribution in [2.75, 3.05) is 13.1 Å². The molecular formula is C11H21NO2. The highest BCUT2D eigenvalue weighted by Gasteiger charge is 2.28. The highest BCUT2D eigenvalue weighted by atomic mass is 16.6. The van der Waals surface area contributed by atoms with E-state index in [0.29, 0.717) is 5.57 Å². The van der Waals surface area contributed by atoms with E-state index in [9.17, 15) is 4.79 Å². The summed E-state index contributed by atoms with van der Waals surface area (Å²) in [6.45, 7) is 14.8. The summed E-state index contributed by atoms with van der Waals surface area (Å²) in [5.74, 6) is -0.332. The van der Waals surface area contributed by atoms with E-state index in [-0.39, 0.29) is 5.97 Å². The van der Waals surface area contributed by atoms with Crippen molar-refractivity contribution < 1.29 is 9.53 Å². The van der Waals surface area contributed by atoms with Gasteiger partial charge in [-0.1, -0.05) is 20.4 Å². The fourth-order valence-electron chi connectivity index (χ4n) is 1.36. The van der Waals surface area contributed by atoms with Gasteiger partial charge in [-0.25, -0.2) is 4.79 Å². The molecule has 0 aromatic rings. The molecule has 0 unspecified atom stereocenters. The lowest BCUT2D eigenvalue weighted by Gasteiger charge is -2.36. The number of hydrogen-bond acceptors (Lipinski definition) is 3. The van der Waals surface area contributed by atoms with Crippen LogP contribution in [0.4, 0.5) is 0 Å². The lowest BCUT2D eigenvalue weighted by atomic mass is 10.2. The Bertz CT molecular complexity index is 217. The van der Waals surface area contributed by atoms with Gasteiger partial charge in [-0.05, 0) is 33.9 Å². The standard InChI is InChI=1S/C11H21NO2/c1-7-12(8-2)11(5,6)14-10(13)9(3)4/h3,7-8H2,1-2,4-6H3. The van der Waals surface area contributed by atoms with Crippen molar-refractivity contribution in [3.63, 3.8) is 0 Å². The molecule has 0 heterocycles. The summed E-state index contributed by atoms with van der Waals surface area (Å²) in [6.07, 6.45) is 0. The van der Waals surface area contributed by atoms with Gasteiger partial charge in [-0.3, -0.25) is 4.90 Å². The third-order valence-electron chi connectivity index (χ3n) is 2.22. The fourth-order valence-corrected chi connectivity index (χ4v) is 1.36. The van der Waals surface area contributed by atoms with Gasteiger partial charge in [0.15, 0.2) is 5.72 Å². The zero-order chi connectivity index (χ0) is 11.4. The highest BCUT2D eigenvalue weighted by molar-refractivity contribution is 5.87. The largest absolute Gasteiger partial charge is 0.441 e. The van der Waals surface area contributed by atoms with Crippen molar-refractivity contribution in [1.82, 2.24) is 4.90 Å². The lowest BCUT2D eigenvalue weighted by molar-refractivity contribution is -0.171. The van der Waals surface area contributed by atoms with Gasteiger partial charge in [0.05, 0.1) is 0 Å². The monoisotopic (exact) mass is 199 g/mol. The molecule has 3 nitrogen and oxygen atoms in total. The maximum absolute atomic E-state index is 11.3. The molecular weight excluding hydrogens is 178 g/mol. The Labute approximate surface area is 86.7 Å². The molecule has 0 aromatic heterocycles. The first-order chi connectivity index (χ1) is 6.35. The van der Waals surface area contributed by atoms with Gasteiger partial charge in [0.2, 0.25) is 0 Å². The van der Waals surface area contributed by atoms with E-state index >= 15 is 0 Å². The number of carbonyl (C=O) groups is 1. The van der Waals surface area contributed by atoms with Crippen LogP contribution in [0.1, 0.15) is 34.6 Å². The van der Waals surface area contributed by atoms with E-state index in [1.54, 1.807) is 6.92 Å². The molecule has 14 heavy (non-hydrogen) atoms. The SMILES string of the molecule is C=C(C)C(=O)OC(C)(C)N(CC)CC. The van der Waals surface area contributed by atoms with Crippen molar-refractivity contribution in [2.45, 2.75) is 40.3 Å². The second-order valence-electron chi connectivity index (χ2n) is 3.79. The Morgan fingerprint density at radius 2 is 1.79 bits per heavy atom. The summed E-state index contributed by atoms with van der Waals surface area (Å²) < 4.78 is 5.33. The minimum atomic E-state index is -0.556. The zero-order valence-corrected chi connectivity index (χ0v) is 9.89. The summed E-state index contributed by atoms with van der Waals surface area (Å²) in [5.41, 5.74) is -0.121. The molecule has 0 atom stereocenters. The van der Waals surface area contributed by atoms with E-state index in [1.165, 1.54) is 0 Å². The molecule has 0 radical (unpaired) electrons. The summed E-state index contributed by atoms with van der Waals surface area (Å²) in [7, 11) is 0. The minimum absolute atomic E-state index is 0.332. The average molecular weight is 199 g/mol. The Morgan fingerprint density at radius 3 is 2.07 bits per heavy atom. The van der Waals surface area contributed by atoms with Crippen molar-refractivity contribution in [2.24, 2.45) is 0 Å². The molecule has 0 amide bonds. The van der Waals surface area contributed by atoms with E-state index in [0.717, 1.165) is 13.1 Å². The molecule has 0 spiro atoms. The van der Waals surface area contributed by atoms with Crippen molar-refractivity contribution >= 4 is 5.97 Å². The Kier molecular flexibility index (Phi) is 4.85. The summed E-state index contributed by atoms with van der Waals surface area (Å²) in [6, 6.07) is 0. The van der Waals surface area contributed by atoms with E-state index in [2.05, 4.69) is 11.5 Å². The second-order valence-corrected chi connectivity index (χ2v) is 3.79. The fraction of sp³-hybridized carbons (Fsp3) is 0.727. The van der Waals surface area contributed by atoms with Gasteiger partial charge < -0.3 is 4.74 Å². The second kappa shape index (κ2) is 5.15. The maximum Gasteiger partial charge on any atom is 0.334 e. The van der Waals surface area contributed by atoms with Crippen molar-refractivity contribution in [1.29, 1.82) is 0 Å². The Hall–Kier alpha value is -0.830. The van der Waals surface area contributed by atoms with Crippen LogP contribution in [0.15, 0.2) is 12.2 Å². The number of ether oxygens (including phenoxy) is 1. The molecule has 0 N–H and O–H groups in total. The topological polar surface area (TPSA) is 29.5 Å². The molecule has 0 aliphatic carbocycles. The van der Waals surface area contributed by atoms with Crippen molar-refractivity contribution in [3.05, 3.63) is 12.2 Å². The molecule has 82 valence electrons. The van der Waals surface area contributed by atoms with Crippen LogP contribution >= 0.6 is 0 Å². The van der Waals surface area contributed by atoms with Gasteiger partial charge in [0.25, 0.3) is 0 Å². The summed E-state index contributed by atoms with van der Waals surface area (Å²) >= 11 is 0. The zero-order valence-electron chi connectivity index (χ0n) is 9.89. The predicted molar refractivity (Wildman–Crippen MR) is 57.9 cm³/mol. The maximum atomic E-state index is 11.3. The van der Waals surface area contributed by atoms with Crippen molar-refractivity contribution in [3.8, 4) is 0 Å². The summed E-state index contributed by atoms with van der Waals surface area (Å²) in [5, 5.41) is 0. The first-order valence-corrected chi connectivity index (χ1v) is 4.99.